The lowest BCUT2D eigenvalue weighted by Crippen LogP contribution is -2.20. The molecule has 1 aliphatic carbocycles. The molecule has 1 atom stereocenters. The molecule has 1 amide bonds. The Hall–Kier alpha value is -1.36. The molecule has 0 fully saturated rings. The molecule has 4 nitrogen and oxygen atoms in total. The molecule has 0 aromatic carbocycles. The van der Waals surface area contributed by atoms with Crippen molar-refractivity contribution in [3.05, 3.63) is 39.2 Å². The number of aromatic nitrogens is 1. The molecule has 2 rings (SSSR count). The topological polar surface area (TPSA) is 51.1 Å². The number of carbonyl (C=O) groups is 1. The molecular formula is C13H15BrN2O2. The van der Waals surface area contributed by atoms with E-state index < -0.39 is 0 Å². The zero-order chi connectivity index (χ0) is 13.1. The normalized spacial score (nSPS) is 18.0. The first-order valence-corrected chi connectivity index (χ1v) is 6.68. The van der Waals surface area contributed by atoms with Crippen LogP contribution >= 0.6 is 15.9 Å². The summed E-state index contributed by atoms with van der Waals surface area (Å²) in [5.41, 5.74) is 0.516. The van der Waals surface area contributed by atoms with Gasteiger partial charge in [0.15, 0.2) is 0 Å². The van der Waals surface area contributed by atoms with Crippen molar-refractivity contribution < 1.29 is 4.79 Å². The second-order valence-corrected chi connectivity index (χ2v) is 5.36. The summed E-state index contributed by atoms with van der Waals surface area (Å²) in [6.45, 7) is 0. The molecule has 5 heteroatoms. The van der Waals surface area contributed by atoms with Crippen LogP contribution in [0, 0.1) is 5.92 Å². The van der Waals surface area contributed by atoms with Crippen molar-refractivity contribution in [3.63, 3.8) is 0 Å². The Balaban J connectivity index is 2.02. The number of halogens is 1. The predicted octanol–water partition coefficient (Wildman–Crippen LogP) is 2.44. The van der Waals surface area contributed by atoms with Crippen LogP contribution in [0.15, 0.2) is 33.7 Å². The summed E-state index contributed by atoms with van der Waals surface area (Å²) in [5.74, 6) is 0.332. The average molecular weight is 311 g/mol. The molecule has 0 spiro atoms. The van der Waals surface area contributed by atoms with Gasteiger partial charge in [0, 0.05) is 19.7 Å². The molecule has 0 saturated carbocycles. The molecule has 1 N–H and O–H groups in total. The van der Waals surface area contributed by atoms with E-state index in [1.54, 1.807) is 19.3 Å². The molecule has 0 unspecified atom stereocenters. The number of carbonyl (C=O) groups excluding carboxylic acids is 1. The Morgan fingerprint density at radius 1 is 1.61 bits per heavy atom. The lowest BCUT2D eigenvalue weighted by molar-refractivity contribution is -0.116. The number of nitrogens with one attached hydrogen (secondary N) is 1. The van der Waals surface area contributed by atoms with Crippen LogP contribution in [0.3, 0.4) is 0 Å². The predicted molar refractivity (Wildman–Crippen MR) is 74.5 cm³/mol. The van der Waals surface area contributed by atoms with Gasteiger partial charge in [-0.1, -0.05) is 12.2 Å². The Labute approximate surface area is 114 Å². The number of rotatable bonds is 3. The molecule has 1 aliphatic rings. The van der Waals surface area contributed by atoms with Gasteiger partial charge in [-0.15, -0.1) is 0 Å². The molecule has 96 valence electrons. The number of amides is 1. The Bertz CT molecular complexity index is 522. The molecule has 0 saturated heterocycles. The van der Waals surface area contributed by atoms with Crippen LogP contribution in [0.1, 0.15) is 19.3 Å². The third-order valence-corrected chi connectivity index (χ3v) is 3.55. The highest BCUT2D eigenvalue weighted by Crippen LogP contribution is 2.21. The van der Waals surface area contributed by atoms with Gasteiger partial charge in [0.2, 0.25) is 5.91 Å². The van der Waals surface area contributed by atoms with Gasteiger partial charge in [-0.05, 0) is 40.8 Å². The maximum absolute atomic E-state index is 11.8. The smallest absolute Gasteiger partial charge is 0.264 e. The van der Waals surface area contributed by atoms with Crippen molar-refractivity contribution in [2.24, 2.45) is 13.0 Å². The fraction of sp³-hybridized carbons (Fsp3) is 0.385. The fourth-order valence-electron chi connectivity index (χ4n) is 2.06. The second-order valence-electron chi connectivity index (χ2n) is 4.51. The van der Waals surface area contributed by atoms with Gasteiger partial charge in [-0.3, -0.25) is 9.59 Å². The maximum Gasteiger partial charge on any atom is 0.264 e. The van der Waals surface area contributed by atoms with Crippen LogP contribution in [0.5, 0.6) is 0 Å². The third kappa shape index (κ3) is 3.10. The van der Waals surface area contributed by atoms with Crippen LogP contribution in [0.4, 0.5) is 5.69 Å². The Morgan fingerprint density at radius 3 is 3.00 bits per heavy atom. The standard InChI is InChI=1S/C13H15BrN2O2/c1-16-8-10(7-11(14)13(16)18)15-12(17)6-9-4-2-3-5-9/h2,4,7-9H,3,5-6H2,1H3,(H,15,17)/t9-/m0/s1. The van der Waals surface area contributed by atoms with Crippen LogP contribution in [-0.2, 0) is 11.8 Å². The van der Waals surface area contributed by atoms with E-state index >= 15 is 0 Å². The third-order valence-electron chi connectivity index (χ3n) is 2.98. The summed E-state index contributed by atoms with van der Waals surface area (Å²) in [5, 5.41) is 2.82. The van der Waals surface area contributed by atoms with Gasteiger partial charge in [0.1, 0.15) is 0 Å². The van der Waals surface area contributed by atoms with Gasteiger partial charge in [-0.25, -0.2) is 0 Å². The van der Waals surface area contributed by atoms with E-state index in [1.165, 1.54) is 4.57 Å². The molecule has 1 aromatic heterocycles. The number of pyridine rings is 1. The lowest BCUT2D eigenvalue weighted by atomic mass is 10.1. The highest BCUT2D eigenvalue weighted by atomic mass is 79.9. The maximum atomic E-state index is 11.8. The number of nitrogens with zero attached hydrogens (tertiary/aromatic N) is 1. The van der Waals surface area contributed by atoms with Crippen molar-refractivity contribution in [1.29, 1.82) is 0 Å². The molecular weight excluding hydrogens is 296 g/mol. The Morgan fingerprint density at radius 2 is 2.39 bits per heavy atom. The first kappa shape index (κ1) is 13.1. The number of aryl methyl sites for hydroxylation is 1. The van der Waals surface area contributed by atoms with Crippen molar-refractivity contribution in [2.45, 2.75) is 19.3 Å². The summed E-state index contributed by atoms with van der Waals surface area (Å²) in [7, 11) is 1.66. The van der Waals surface area contributed by atoms with Crippen LogP contribution in [0.2, 0.25) is 0 Å². The van der Waals surface area contributed by atoms with E-state index in [-0.39, 0.29) is 11.5 Å². The van der Waals surface area contributed by atoms with Crippen molar-refractivity contribution >= 4 is 27.5 Å². The van der Waals surface area contributed by atoms with E-state index in [2.05, 4.69) is 33.4 Å². The number of anilines is 1. The van der Waals surface area contributed by atoms with E-state index in [9.17, 15) is 9.59 Å². The van der Waals surface area contributed by atoms with Gasteiger partial charge < -0.3 is 9.88 Å². The number of hydrogen-bond acceptors (Lipinski definition) is 2. The molecule has 0 radical (unpaired) electrons. The van der Waals surface area contributed by atoms with E-state index in [1.807, 2.05) is 0 Å². The average Bonchev–Trinajstić information content (AvgIpc) is 2.78. The molecule has 18 heavy (non-hydrogen) atoms. The second kappa shape index (κ2) is 5.52. The van der Waals surface area contributed by atoms with Crippen LogP contribution in [-0.4, -0.2) is 10.5 Å². The van der Waals surface area contributed by atoms with E-state index in [0.29, 0.717) is 22.5 Å². The monoisotopic (exact) mass is 310 g/mol. The summed E-state index contributed by atoms with van der Waals surface area (Å²) >= 11 is 3.18. The zero-order valence-corrected chi connectivity index (χ0v) is 11.7. The minimum atomic E-state index is -0.119. The van der Waals surface area contributed by atoms with Crippen LogP contribution in [0.25, 0.3) is 0 Å². The van der Waals surface area contributed by atoms with Crippen LogP contribution < -0.4 is 10.9 Å². The highest BCUT2D eigenvalue weighted by molar-refractivity contribution is 9.10. The molecule has 1 aromatic rings. The van der Waals surface area contributed by atoms with E-state index in [0.717, 1.165) is 12.8 Å². The van der Waals surface area contributed by atoms with Gasteiger partial charge >= 0.3 is 0 Å². The van der Waals surface area contributed by atoms with Crippen molar-refractivity contribution in [1.82, 2.24) is 4.57 Å². The lowest BCUT2D eigenvalue weighted by Gasteiger charge is -2.10. The zero-order valence-electron chi connectivity index (χ0n) is 10.1. The van der Waals surface area contributed by atoms with Gasteiger partial charge in [0.05, 0.1) is 10.2 Å². The summed E-state index contributed by atoms with van der Waals surface area (Å²) < 4.78 is 1.89. The summed E-state index contributed by atoms with van der Waals surface area (Å²) in [6, 6.07) is 1.63. The first-order valence-electron chi connectivity index (χ1n) is 5.89. The highest BCUT2D eigenvalue weighted by Gasteiger charge is 2.14. The molecule has 1 heterocycles. The van der Waals surface area contributed by atoms with Gasteiger partial charge in [0.25, 0.3) is 5.56 Å². The number of allylic oxidation sites excluding steroid dienone is 2. The minimum Gasteiger partial charge on any atom is -0.325 e. The fourth-order valence-corrected chi connectivity index (χ4v) is 2.58. The SMILES string of the molecule is Cn1cc(NC(=O)C[C@H]2C=CCC2)cc(Br)c1=O. The van der Waals surface area contributed by atoms with Crippen molar-refractivity contribution in [3.8, 4) is 0 Å². The minimum absolute atomic E-state index is 0.0166. The summed E-state index contributed by atoms with van der Waals surface area (Å²) in [6.07, 6.45) is 8.43. The molecule has 0 aliphatic heterocycles. The first-order chi connectivity index (χ1) is 8.56. The summed E-state index contributed by atoms with van der Waals surface area (Å²) in [4.78, 5) is 23.3. The number of hydrogen-bond donors (Lipinski definition) is 1. The quantitative estimate of drug-likeness (QED) is 0.872. The largest absolute Gasteiger partial charge is 0.325 e. The van der Waals surface area contributed by atoms with Crippen molar-refractivity contribution in [2.75, 3.05) is 5.32 Å². The molecule has 0 bridgehead atoms. The van der Waals surface area contributed by atoms with Gasteiger partial charge in [-0.2, -0.15) is 0 Å². The Kier molecular flexibility index (Phi) is 4.01. The van der Waals surface area contributed by atoms with E-state index in [4.69, 9.17) is 0 Å².